The molecule has 5 nitrogen and oxygen atoms in total. The Morgan fingerprint density at radius 2 is 1.63 bits per heavy atom. The van der Waals surface area contributed by atoms with Crippen LogP contribution in [-0.4, -0.2) is 29.8 Å². The molecular formula is C28H23ClFNO4. The molecule has 1 unspecified atom stereocenters. The van der Waals surface area contributed by atoms with Crippen molar-refractivity contribution < 1.29 is 23.8 Å². The third-order valence-electron chi connectivity index (χ3n) is 8.04. The Hall–Kier alpha value is -3.38. The fourth-order valence-corrected chi connectivity index (χ4v) is 6.77. The van der Waals surface area contributed by atoms with Gasteiger partial charge in [0.25, 0.3) is 0 Å². The van der Waals surface area contributed by atoms with Gasteiger partial charge in [0.15, 0.2) is 0 Å². The number of carbonyl (C=O) groups is 2. The Morgan fingerprint density at radius 3 is 2.23 bits per heavy atom. The number of nitrogens with one attached hydrogen (secondary N) is 1. The summed E-state index contributed by atoms with van der Waals surface area (Å²) >= 11 is 6.06. The largest absolute Gasteiger partial charge is 0.480 e. The summed E-state index contributed by atoms with van der Waals surface area (Å²) in [5.41, 5.74) is 3.91. The van der Waals surface area contributed by atoms with Gasteiger partial charge in [-0.15, -0.1) is 0 Å². The molecule has 0 radical (unpaired) electrons. The summed E-state index contributed by atoms with van der Waals surface area (Å²) in [4.78, 5) is 24.8. The van der Waals surface area contributed by atoms with E-state index in [2.05, 4.69) is 17.4 Å². The molecule has 4 aliphatic carbocycles. The van der Waals surface area contributed by atoms with Gasteiger partial charge in [-0.2, -0.15) is 0 Å². The molecule has 178 valence electrons. The lowest BCUT2D eigenvalue weighted by Crippen LogP contribution is -2.73. The van der Waals surface area contributed by atoms with Crippen LogP contribution in [0.25, 0.3) is 11.1 Å². The molecule has 3 fully saturated rings. The number of hydrogen-bond acceptors (Lipinski definition) is 3. The molecule has 3 aromatic carbocycles. The van der Waals surface area contributed by atoms with Crippen LogP contribution in [-0.2, 0) is 14.9 Å². The summed E-state index contributed by atoms with van der Waals surface area (Å²) in [5, 5.41) is 12.9. The molecule has 0 heterocycles. The highest BCUT2D eigenvalue weighted by atomic mass is 35.5. The second-order valence-electron chi connectivity index (χ2n) is 10.0. The first-order valence-electron chi connectivity index (χ1n) is 11.6. The Kier molecular flexibility index (Phi) is 4.94. The van der Waals surface area contributed by atoms with Gasteiger partial charge in [-0.3, -0.25) is 0 Å². The maximum absolute atomic E-state index is 14.4. The maximum Gasteiger partial charge on any atom is 0.407 e. The van der Waals surface area contributed by atoms with E-state index in [0.29, 0.717) is 29.8 Å². The average molecular weight is 492 g/mol. The number of carboxylic acids is 1. The van der Waals surface area contributed by atoms with E-state index < -0.39 is 28.9 Å². The second kappa shape index (κ2) is 7.82. The quantitative estimate of drug-likeness (QED) is 0.450. The van der Waals surface area contributed by atoms with Gasteiger partial charge in [-0.25, -0.2) is 14.0 Å². The zero-order valence-corrected chi connectivity index (χ0v) is 19.5. The van der Waals surface area contributed by atoms with Crippen molar-refractivity contribution in [1.29, 1.82) is 0 Å². The molecular weight excluding hydrogens is 469 g/mol. The van der Waals surface area contributed by atoms with E-state index >= 15 is 0 Å². The molecule has 2 N–H and O–H groups in total. The van der Waals surface area contributed by atoms with E-state index in [-0.39, 0.29) is 18.3 Å². The van der Waals surface area contributed by atoms with Crippen molar-refractivity contribution in [3.8, 4) is 11.1 Å². The average Bonchev–Trinajstić information content (AvgIpc) is 3.11. The molecule has 7 heteroatoms. The molecule has 0 aliphatic heterocycles. The zero-order valence-electron chi connectivity index (χ0n) is 18.8. The number of carbonyl (C=O) groups excluding carboxylic acids is 1. The minimum Gasteiger partial charge on any atom is -0.480 e. The van der Waals surface area contributed by atoms with Crippen LogP contribution in [0.3, 0.4) is 0 Å². The molecule has 0 aromatic heterocycles. The fourth-order valence-electron chi connectivity index (χ4n) is 6.60. The van der Waals surface area contributed by atoms with E-state index in [9.17, 15) is 19.1 Å². The minimum atomic E-state index is -1.11. The third-order valence-corrected chi connectivity index (χ3v) is 8.27. The van der Waals surface area contributed by atoms with Crippen molar-refractivity contribution in [3.63, 3.8) is 0 Å². The predicted octanol–water partition coefficient (Wildman–Crippen LogP) is 5.89. The van der Waals surface area contributed by atoms with Crippen molar-refractivity contribution in [2.45, 2.75) is 36.6 Å². The van der Waals surface area contributed by atoms with Crippen LogP contribution < -0.4 is 5.32 Å². The third kappa shape index (κ3) is 3.34. The summed E-state index contributed by atoms with van der Waals surface area (Å²) in [6.07, 6.45) is 0.695. The number of rotatable bonds is 6. The van der Waals surface area contributed by atoms with E-state index in [1.54, 1.807) is 6.07 Å². The standard InChI is InChI=1S/C28H23ClFNO4/c29-16-9-10-23(30)22(11-16)27-13-28(14-27,15-27)24(25(32)33)31-26(34)35-12-21-19-7-3-1-5-17(19)18-6-2-4-8-20(18)21/h1-11,21,24H,12-15H2,(H,31,34)(H,32,33). The van der Waals surface area contributed by atoms with Gasteiger partial charge in [-0.1, -0.05) is 60.1 Å². The highest BCUT2D eigenvalue weighted by molar-refractivity contribution is 6.30. The van der Waals surface area contributed by atoms with Crippen LogP contribution in [0.2, 0.25) is 5.02 Å². The molecule has 35 heavy (non-hydrogen) atoms. The first-order chi connectivity index (χ1) is 16.8. The number of ether oxygens (including phenoxy) is 1. The summed E-state index contributed by atoms with van der Waals surface area (Å²) in [5.74, 6) is -1.56. The van der Waals surface area contributed by atoms with Crippen LogP contribution in [0.4, 0.5) is 9.18 Å². The molecule has 2 bridgehead atoms. The van der Waals surface area contributed by atoms with E-state index in [1.165, 1.54) is 12.1 Å². The summed E-state index contributed by atoms with van der Waals surface area (Å²) in [7, 11) is 0. The Balaban J connectivity index is 1.13. The van der Waals surface area contributed by atoms with Crippen molar-refractivity contribution in [1.82, 2.24) is 5.32 Å². The topological polar surface area (TPSA) is 75.6 Å². The van der Waals surface area contributed by atoms with Crippen molar-refractivity contribution in [2.24, 2.45) is 5.41 Å². The van der Waals surface area contributed by atoms with Crippen LogP contribution in [0.15, 0.2) is 66.7 Å². The lowest BCUT2D eigenvalue weighted by Gasteiger charge is -2.72. The minimum absolute atomic E-state index is 0.108. The summed E-state index contributed by atoms with van der Waals surface area (Å²) in [6, 6.07) is 19.4. The van der Waals surface area contributed by atoms with Gasteiger partial charge in [-0.05, 0) is 65.3 Å². The molecule has 4 aliphatic rings. The van der Waals surface area contributed by atoms with Crippen molar-refractivity contribution in [3.05, 3.63) is 94.3 Å². The van der Waals surface area contributed by atoms with Crippen molar-refractivity contribution in [2.75, 3.05) is 6.61 Å². The number of benzene rings is 3. The number of amides is 1. The molecule has 3 aromatic rings. The number of fused-ring (bicyclic) bond motifs is 3. The molecule has 3 saturated carbocycles. The smallest absolute Gasteiger partial charge is 0.407 e. The number of halogens is 2. The highest BCUT2D eigenvalue weighted by Crippen LogP contribution is 2.75. The van der Waals surface area contributed by atoms with Crippen LogP contribution in [0.5, 0.6) is 0 Å². The molecule has 0 saturated heterocycles. The second-order valence-corrected chi connectivity index (χ2v) is 10.5. The lowest BCUT2D eigenvalue weighted by atomic mass is 9.31. The van der Waals surface area contributed by atoms with E-state index in [1.807, 2.05) is 36.4 Å². The zero-order chi connectivity index (χ0) is 24.4. The predicted molar refractivity (Wildman–Crippen MR) is 129 cm³/mol. The summed E-state index contributed by atoms with van der Waals surface area (Å²) in [6.45, 7) is 0.108. The van der Waals surface area contributed by atoms with Crippen molar-refractivity contribution >= 4 is 23.7 Å². The van der Waals surface area contributed by atoms with Gasteiger partial charge < -0.3 is 15.2 Å². The maximum atomic E-state index is 14.4. The number of hydrogen-bond donors (Lipinski definition) is 2. The van der Waals surface area contributed by atoms with Crippen LogP contribution in [0.1, 0.15) is 41.9 Å². The van der Waals surface area contributed by atoms with Gasteiger partial charge in [0.2, 0.25) is 0 Å². The highest BCUT2D eigenvalue weighted by Gasteiger charge is 2.73. The first kappa shape index (κ1) is 22.1. The molecule has 1 atom stereocenters. The number of aliphatic carboxylic acids is 1. The van der Waals surface area contributed by atoms with Gasteiger partial charge >= 0.3 is 12.1 Å². The lowest BCUT2D eigenvalue weighted by molar-refractivity contribution is -0.183. The first-order valence-corrected chi connectivity index (χ1v) is 12.0. The van der Waals surface area contributed by atoms with Gasteiger partial charge in [0, 0.05) is 21.8 Å². The van der Waals surface area contributed by atoms with Gasteiger partial charge in [0.1, 0.15) is 18.5 Å². The Bertz CT molecular complexity index is 1310. The normalized spacial score (nSPS) is 24.4. The Labute approximate surface area is 206 Å². The molecule has 1 amide bonds. The monoisotopic (exact) mass is 491 g/mol. The molecule has 7 rings (SSSR count). The van der Waals surface area contributed by atoms with Gasteiger partial charge in [0.05, 0.1) is 0 Å². The fraction of sp³-hybridized carbons (Fsp3) is 0.286. The van der Waals surface area contributed by atoms with Crippen LogP contribution in [0, 0.1) is 11.2 Å². The number of alkyl carbamates (subject to hydrolysis) is 1. The number of carboxylic acid groups (broad SMARTS) is 1. The van der Waals surface area contributed by atoms with Crippen LogP contribution >= 0.6 is 11.6 Å². The van der Waals surface area contributed by atoms with E-state index in [0.717, 1.165) is 22.3 Å². The Morgan fingerprint density at radius 1 is 1.03 bits per heavy atom. The van der Waals surface area contributed by atoms with E-state index in [4.69, 9.17) is 16.3 Å². The molecule has 0 spiro atoms. The SMILES string of the molecule is O=C(NC(C(=O)O)C12CC(c3cc(Cl)ccc3F)(C1)C2)OCC1c2ccccc2-c2ccccc21. The summed E-state index contributed by atoms with van der Waals surface area (Å²) < 4.78 is 20.0.